The summed E-state index contributed by atoms with van der Waals surface area (Å²) < 4.78 is 2.27. The highest BCUT2D eigenvalue weighted by Gasteiger charge is 2.26. The molecular formula is C26H40N2O. The van der Waals surface area contributed by atoms with Gasteiger partial charge in [0.2, 0.25) is 5.91 Å². The van der Waals surface area contributed by atoms with Crippen molar-refractivity contribution >= 4 is 5.91 Å². The van der Waals surface area contributed by atoms with E-state index in [9.17, 15) is 4.79 Å². The van der Waals surface area contributed by atoms with Crippen LogP contribution in [0.1, 0.15) is 72.6 Å². The molecule has 1 heterocycles. The van der Waals surface area contributed by atoms with Crippen molar-refractivity contribution in [2.45, 2.75) is 80.4 Å². The van der Waals surface area contributed by atoms with Crippen LogP contribution in [0.15, 0.2) is 48.7 Å². The van der Waals surface area contributed by atoms with E-state index in [1.165, 1.54) is 11.3 Å². The molecule has 3 heteroatoms. The first-order valence-corrected chi connectivity index (χ1v) is 11.0. The van der Waals surface area contributed by atoms with Gasteiger partial charge in [0.15, 0.2) is 0 Å². The van der Waals surface area contributed by atoms with Gasteiger partial charge in [0.25, 0.3) is 0 Å². The first-order chi connectivity index (χ1) is 13.6. The highest BCUT2D eigenvalue weighted by molar-refractivity contribution is 5.76. The Morgan fingerprint density at radius 1 is 1.00 bits per heavy atom. The van der Waals surface area contributed by atoms with Gasteiger partial charge in [-0.05, 0) is 48.3 Å². The Labute approximate surface area is 178 Å². The number of hydrogen-bond donors (Lipinski definition) is 0. The maximum Gasteiger partial charge on any atom is 0.223 e. The summed E-state index contributed by atoms with van der Waals surface area (Å²) in [7, 11) is 0. The van der Waals surface area contributed by atoms with Crippen LogP contribution in [0.3, 0.4) is 0 Å². The Balaban J connectivity index is 2.15. The van der Waals surface area contributed by atoms with Crippen LogP contribution in [0, 0.1) is 17.3 Å². The minimum absolute atomic E-state index is 0.212. The molecule has 0 saturated carbocycles. The minimum Gasteiger partial charge on any atom is -0.345 e. The van der Waals surface area contributed by atoms with Crippen molar-refractivity contribution < 1.29 is 4.79 Å². The summed E-state index contributed by atoms with van der Waals surface area (Å²) in [6.45, 7) is 17.0. The number of nitrogens with zero attached hydrogens (tertiary/aromatic N) is 2. The summed E-state index contributed by atoms with van der Waals surface area (Å²) in [5.41, 5.74) is 2.72. The Bertz CT molecular complexity index is 755. The molecule has 0 aliphatic rings. The number of carbonyl (C=O) groups is 1. The quantitative estimate of drug-likeness (QED) is 0.483. The van der Waals surface area contributed by atoms with Crippen molar-refractivity contribution in [3.63, 3.8) is 0 Å². The third-order valence-corrected chi connectivity index (χ3v) is 5.71. The standard InChI is InChI=1S/C26H40N2O/c1-20(2)22(4)28(25(29)16-21(3)17-26(5,6)7)19-24-14-11-15-27(24)18-23-12-9-8-10-13-23/h8-15,20-22H,16-19H2,1-7H3/t21-,22+/m0/s1. The monoisotopic (exact) mass is 396 g/mol. The minimum atomic E-state index is 0.212. The molecule has 0 aliphatic carbocycles. The first-order valence-electron chi connectivity index (χ1n) is 11.0. The van der Waals surface area contributed by atoms with Gasteiger partial charge in [0.1, 0.15) is 0 Å². The van der Waals surface area contributed by atoms with Crippen LogP contribution in [0.25, 0.3) is 0 Å². The fourth-order valence-corrected chi connectivity index (χ4v) is 4.05. The highest BCUT2D eigenvalue weighted by Crippen LogP contribution is 2.27. The number of rotatable bonds is 9. The molecule has 1 aromatic heterocycles. The molecule has 0 radical (unpaired) electrons. The van der Waals surface area contributed by atoms with E-state index in [4.69, 9.17) is 0 Å². The van der Waals surface area contributed by atoms with Crippen molar-refractivity contribution in [3.05, 3.63) is 59.9 Å². The van der Waals surface area contributed by atoms with E-state index < -0.39 is 0 Å². The molecule has 29 heavy (non-hydrogen) atoms. The van der Waals surface area contributed by atoms with Gasteiger partial charge < -0.3 is 9.47 Å². The van der Waals surface area contributed by atoms with Crippen LogP contribution in [0.5, 0.6) is 0 Å². The Hall–Kier alpha value is -2.03. The van der Waals surface area contributed by atoms with E-state index in [0.29, 0.717) is 24.8 Å². The lowest BCUT2D eigenvalue weighted by Gasteiger charge is -2.34. The lowest BCUT2D eigenvalue weighted by molar-refractivity contribution is -0.136. The smallest absolute Gasteiger partial charge is 0.223 e. The van der Waals surface area contributed by atoms with Gasteiger partial charge in [0.05, 0.1) is 6.54 Å². The molecule has 3 nitrogen and oxygen atoms in total. The first kappa shape index (κ1) is 23.3. The second-order valence-corrected chi connectivity index (χ2v) is 10.2. The predicted molar refractivity (Wildman–Crippen MR) is 123 cm³/mol. The van der Waals surface area contributed by atoms with Crippen molar-refractivity contribution in [1.82, 2.24) is 9.47 Å². The highest BCUT2D eigenvalue weighted by atomic mass is 16.2. The Morgan fingerprint density at radius 3 is 2.24 bits per heavy atom. The van der Waals surface area contributed by atoms with E-state index in [2.05, 4.69) is 101 Å². The summed E-state index contributed by atoms with van der Waals surface area (Å²) in [5.74, 6) is 1.09. The van der Waals surface area contributed by atoms with E-state index in [1.807, 2.05) is 6.07 Å². The average molecular weight is 397 g/mol. The molecule has 0 saturated heterocycles. The lowest BCUT2D eigenvalue weighted by atomic mass is 9.84. The van der Waals surface area contributed by atoms with E-state index in [0.717, 1.165) is 13.0 Å². The van der Waals surface area contributed by atoms with Gasteiger partial charge in [-0.1, -0.05) is 71.9 Å². The molecule has 0 spiro atoms. The Morgan fingerprint density at radius 2 is 1.66 bits per heavy atom. The molecule has 1 aromatic carbocycles. The molecule has 1 amide bonds. The number of hydrogen-bond acceptors (Lipinski definition) is 1. The van der Waals surface area contributed by atoms with E-state index in [-0.39, 0.29) is 17.4 Å². The molecule has 0 bridgehead atoms. The molecule has 0 unspecified atom stereocenters. The zero-order valence-electron chi connectivity index (χ0n) is 19.5. The number of aromatic nitrogens is 1. The fourth-order valence-electron chi connectivity index (χ4n) is 4.05. The van der Waals surface area contributed by atoms with Crippen LogP contribution in [-0.4, -0.2) is 21.4 Å². The summed E-state index contributed by atoms with van der Waals surface area (Å²) in [6, 6.07) is 14.9. The normalized spacial score (nSPS) is 14.1. The second kappa shape index (κ2) is 10.1. The van der Waals surface area contributed by atoms with Gasteiger partial charge >= 0.3 is 0 Å². The third kappa shape index (κ3) is 7.38. The second-order valence-electron chi connectivity index (χ2n) is 10.2. The number of carbonyl (C=O) groups excluding carboxylic acids is 1. The van der Waals surface area contributed by atoms with Crippen molar-refractivity contribution in [3.8, 4) is 0 Å². The Kier molecular flexibility index (Phi) is 8.13. The van der Waals surface area contributed by atoms with Crippen molar-refractivity contribution in [1.29, 1.82) is 0 Å². The summed E-state index contributed by atoms with van der Waals surface area (Å²) in [6.07, 6.45) is 3.80. The van der Waals surface area contributed by atoms with Crippen LogP contribution in [0.2, 0.25) is 0 Å². The third-order valence-electron chi connectivity index (χ3n) is 5.71. The topological polar surface area (TPSA) is 25.2 Å². The lowest BCUT2D eigenvalue weighted by Crippen LogP contribution is -2.42. The number of benzene rings is 1. The van der Waals surface area contributed by atoms with Crippen LogP contribution in [-0.2, 0) is 17.9 Å². The van der Waals surface area contributed by atoms with Crippen molar-refractivity contribution in [2.24, 2.45) is 17.3 Å². The summed E-state index contributed by atoms with van der Waals surface area (Å²) in [4.78, 5) is 15.4. The molecule has 160 valence electrons. The molecule has 2 atom stereocenters. The van der Waals surface area contributed by atoms with Gasteiger partial charge in [0, 0.05) is 30.9 Å². The van der Waals surface area contributed by atoms with Gasteiger partial charge in [-0.15, -0.1) is 0 Å². The molecule has 0 aliphatic heterocycles. The average Bonchev–Trinajstić information content (AvgIpc) is 3.04. The SMILES string of the molecule is CC(C)[C@@H](C)N(Cc1cccn1Cc1ccccc1)C(=O)C[C@H](C)CC(C)(C)C. The van der Waals surface area contributed by atoms with Gasteiger partial charge in [-0.2, -0.15) is 0 Å². The maximum atomic E-state index is 13.3. The van der Waals surface area contributed by atoms with Gasteiger partial charge in [-0.3, -0.25) is 4.79 Å². The van der Waals surface area contributed by atoms with E-state index in [1.54, 1.807) is 0 Å². The molecule has 2 aromatic rings. The van der Waals surface area contributed by atoms with E-state index >= 15 is 0 Å². The largest absolute Gasteiger partial charge is 0.345 e. The summed E-state index contributed by atoms with van der Waals surface area (Å²) >= 11 is 0. The molecule has 2 rings (SSSR count). The number of amides is 1. The zero-order chi connectivity index (χ0) is 21.6. The van der Waals surface area contributed by atoms with Crippen molar-refractivity contribution in [2.75, 3.05) is 0 Å². The maximum absolute atomic E-state index is 13.3. The molecule has 0 N–H and O–H groups in total. The zero-order valence-corrected chi connectivity index (χ0v) is 19.5. The predicted octanol–water partition coefficient (Wildman–Crippen LogP) is 6.37. The van der Waals surface area contributed by atoms with Crippen LogP contribution in [0.4, 0.5) is 0 Å². The fraction of sp³-hybridized carbons (Fsp3) is 0.577. The summed E-state index contributed by atoms with van der Waals surface area (Å²) in [5, 5.41) is 0. The van der Waals surface area contributed by atoms with Crippen LogP contribution >= 0.6 is 0 Å². The van der Waals surface area contributed by atoms with Gasteiger partial charge in [-0.25, -0.2) is 0 Å². The van der Waals surface area contributed by atoms with Crippen LogP contribution < -0.4 is 0 Å². The molecular weight excluding hydrogens is 356 g/mol. The molecule has 0 fully saturated rings.